The number of hydrogen-bond donors (Lipinski definition) is 1. The highest BCUT2D eigenvalue weighted by molar-refractivity contribution is 7.71. The summed E-state index contributed by atoms with van der Waals surface area (Å²) in [6.45, 7) is 0. The van der Waals surface area contributed by atoms with Gasteiger partial charge in [0.1, 0.15) is 11.6 Å². The number of ether oxygens (including phenoxy) is 1. The van der Waals surface area contributed by atoms with E-state index >= 15 is 0 Å². The molecule has 3 aromatic rings. The molecule has 0 unspecified atom stereocenters. The Hall–Kier alpha value is -2.14. The topological polar surface area (TPSA) is 29.9 Å². The van der Waals surface area contributed by atoms with Gasteiger partial charge in [-0.05, 0) is 36.5 Å². The second-order valence-corrected chi connectivity index (χ2v) is 4.49. The van der Waals surface area contributed by atoms with E-state index in [0.29, 0.717) is 16.2 Å². The lowest BCUT2D eigenvalue weighted by atomic mass is 10.2. The Bertz CT molecular complexity index is 807. The molecular formula is C14H11FN2OS. The normalized spacial score (nSPS) is 10.8. The van der Waals surface area contributed by atoms with Crippen LogP contribution >= 0.6 is 12.2 Å². The highest BCUT2D eigenvalue weighted by Crippen LogP contribution is 2.25. The quantitative estimate of drug-likeness (QED) is 0.720. The Labute approximate surface area is 114 Å². The number of nitrogens with one attached hydrogen (secondary N) is 1. The largest absolute Gasteiger partial charge is 0.497 e. The number of imidazole rings is 1. The number of fused-ring (bicyclic) bond motifs is 1. The van der Waals surface area contributed by atoms with Crippen LogP contribution < -0.4 is 4.74 Å². The van der Waals surface area contributed by atoms with E-state index in [0.717, 1.165) is 11.0 Å². The lowest BCUT2D eigenvalue weighted by Crippen LogP contribution is -1.98. The van der Waals surface area contributed by atoms with Crippen molar-refractivity contribution >= 4 is 23.3 Å². The molecule has 0 saturated heterocycles. The molecule has 96 valence electrons. The molecular weight excluding hydrogens is 263 g/mol. The Kier molecular flexibility index (Phi) is 2.83. The predicted molar refractivity (Wildman–Crippen MR) is 75.0 cm³/mol. The van der Waals surface area contributed by atoms with E-state index in [9.17, 15) is 4.39 Å². The van der Waals surface area contributed by atoms with Crippen molar-refractivity contribution in [2.24, 2.45) is 0 Å². The molecule has 0 atom stereocenters. The Balaban J connectivity index is 2.36. The minimum absolute atomic E-state index is 0.346. The van der Waals surface area contributed by atoms with E-state index < -0.39 is 0 Å². The maximum atomic E-state index is 14.0. The molecule has 0 aliphatic carbocycles. The van der Waals surface area contributed by atoms with Crippen LogP contribution in [0, 0.1) is 10.6 Å². The molecule has 0 fully saturated rings. The Morgan fingerprint density at radius 1 is 1.21 bits per heavy atom. The van der Waals surface area contributed by atoms with Crippen molar-refractivity contribution in [3.8, 4) is 11.4 Å². The third-order valence-electron chi connectivity index (χ3n) is 2.98. The van der Waals surface area contributed by atoms with Crippen LogP contribution in [0.4, 0.5) is 4.39 Å². The minimum Gasteiger partial charge on any atom is -0.497 e. The minimum atomic E-state index is -0.346. The Morgan fingerprint density at radius 2 is 2.00 bits per heavy atom. The molecule has 0 bridgehead atoms. The van der Waals surface area contributed by atoms with Crippen molar-refractivity contribution in [3.05, 3.63) is 53.1 Å². The molecule has 1 aromatic heterocycles. The summed E-state index contributed by atoms with van der Waals surface area (Å²) in [7, 11) is 1.55. The van der Waals surface area contributed by atoms with Crippen molar-refractivity contribution in [1.82, 2.24) is 9.55 Å². The van der Waals surface area contributed by atoms with Gasteiger partial charge < -0.3 is 9.72 Å². The van der Waals surface area contributed by atoms with Crippen molar-refractivity contribution in [3.63, 3.8) is 0 Å². The average molecular weight is 274 g/mol. The van der Waals surface area contributed by atoms with Gasteiger partial charge in [0.15, 0.2) is 4.77 Å². The van der Waals surface area contributed by atoms with Crippen molar-refractivity contribution in [1.29, 1.82) is 0 Å². The molecule has 0 aliphatic rings. The van der Waals surface area contributed by atoms with Gasteiger partial charge in [-0.15, -0.1) is 0 Å². The van der Waals surface area contributed by atoms with Gasteiger partial charge in [0, 0.05) is 6.07 Å². The van der Waals surface area contributed by atoms with Gasteiger partial charge in [0.05, 0.1) is 23.8 Å². The summed E-state index contributed by atoms with van der Waals surface area (Å²) >= 11 is 5.27. The van der Waals surface area contributed by atoms with Gasteiger partial charge in [0.25, 0.3) is 0 Å². The molecule has 0 spiro atoms. The molecule has 0 aliphatic heterocycles. The standard InChI is InChI=1S/C14H11FN2OS/c1-18-9-6-7-10(15)13(8-9)17-12-5-3-2-4-11(12)16-14(17)19/h2-8H,1H3,(H,16,19). The Morgan fingerprint density at radius 3 is 2.79 bits per heavy atom. The van der Waals surface area contributed by atoms with Crippen LogP contribution in [0.2, 0.25) is 0 Å². The molecule has 1 N–H and O–H groups in total. The third-order valence-corrected chi connectivity index (χ3v) is 3.27. The number of H-pyrrole nitrogens is 1. The first kappa shape index (κ1) is 11.9. The number of para-hydroxylation sites is 2. The molecule has 3 rings (SSSR count). The summed E-state index contributed by atoms with van der Waals surface area (Å²) in [5, 5.41) is 0. The number of nitrogens with zero attached hydrogens (tertiary/aromatic N) is 1. The van der Waals surface area contributed by atoms with Crippen molar-refractivity contribution in [2.75, 3.05) is 7.11 Å². The molecule has 3 nitrogen and oxygen atoms in total. The van der Waals surface area contributed by atoms with E-state index in [-0.39, 0.29) is 5.82 Å². The first-order valence-corrected chi connectivity index (χ1v) is 6.15. The monoisotopic (exact) mass is 274 g/mol. The maximum absolute atomic E-state index is 14.0. The summed E-state index contributed by atoms with van der Waals surface area (Å²) in [6, 6.07) is 12.2. The van der Waals surface area contributed by atoms with Crippen LogP contribution in [-0.2, 0) is 0 Å². The van der Waals surface area contributed by atoms with E-state index in [1.54, 1.807) is 23.8 Å². The van der Waals surface area contributed by atoms with Crippen LogP contribution in [0.15, 0.2) is 42.5 Å². The first-order chi connectivity index (χ1) is 9.20. The molecule has 2 aromatic carbocycles. The van der Waals surface area contributed by atoms with Gasteiger partial charge in [-0.25, -0.2) is 4.39 Å². The van der Waals surface area contributed by atoms with E-state index in [4.69, 9.17) is 17.0 Å². The van der Waals surface area contributed by atoms with Crippen LogP contribution in [0.25, 0.3) is 16.7 Å². The van der Waals surface area contributed by atoms with Crippen LogP contribution in [0.5, 0.6) is 5.75 Å². The van der Waals surface area contributed by atoms with Gasteiger partial charge in [-0.1, -0.05) is 12.1 Å². The number of benzene rings is 2. The first-order valence-electron chi connectivity index (χ1n) is 5.74. The highest BCUT2D eigenvalue weighted by Gasteiger charge is 2.11. The van der Waals surface area contributed by atoms with Crippen LogP contribution in [0.1, 0.15) is 0 Å². The van der Waals surface area contributed by atoms with E-state index in [1.807, 2.05) is 24.3 Å². The average Bonchev–Trinajstić information content (AvgIpc) is 2.75. The summed E-state index contributed by atoms with van der Waals surface area (Å²) in [4.78, 5) is 3.06. The van der Waals surface area contributed by atoms with Crippen molar-refractivity contribution in [2.45, 2.75) is 0 Å². The smallest absolute Gasteiger partial charge is 0.182 e. The molecule has 0 saturated carbocycles. The van der Waals surface area contributed by atoms with Crippen LogP contribution in [-0.4, -0.2) is 16.7 Å². The lowest BCUT2D eigenvalue weighted by Gasteiger charge is -2.08. The molecule has 19 heavy (non-hydrogen) atoms. The SMILES string of the molecule is COc1ccc(F)c(-n2c(=S)[nH]c3ccccc32)c1. The zero-order valence-corrected chi connectivity index (χ0v) is 11.0. The van der Waals surface area contributed by atoms with E-state index in [2.05, 4.69) is 4.98 Å². The maximum Gasteiger partial charge on any atom is 0.182 e. The number of hydrogen-bond acceptors (Lipinski definition) is 2. The summed E-state index contributed by atoms with van der Waals surface area (Å²) in [5.41, 5.74) is 2.08. The zero-order valence-electron chi connectivity index (χ0n) is 10.2. The molecule has 1 heterocycles. The highest BCUT2D eigenvalue weighted by atomic mass is 32.1. The zero-order chi connectivity index (χ0) is 13.4. The molecule has 0 radical (unpaired) electrons. The van der Waals surface area contributed by atoms with Gasteiger partial charge >= 0.3 is 0 Å². The van der Waals surface area contributed by atoms with Gasteiger partial charge in [-0.2, -0.15) is 0 Å². The molecule has 5 heteroatoms. The number of rotatable bonds is 2. The van der Waals surface area contributed by atoms with E-state index in [1.165, 1.54) is 6.07 Å². The fourth-order valence-electron chi connectivity index (χ4n) is 2.08. The number of aromatic amines is 1. The summed E-state index contributed by atoms with van der Waals surface area (Å²) < 4.78 is 21.3. The van der Waals surface area contributed by atoms with Crippen molar-refractivity contribution < 1.29 is 9.13 Å². The summed E-state index contributed by atoms with van der Waals surface area (Å²) in [6.07, 6.45) is 0. The number of halogens is 1. The second kappa shape index (κ2) is 4.51. The van der Waals surface area contributed by atoms with Gasteiger partial charge in [0.2, 0.25) is 0 Å². The number of methoxy groups -OCH3 is 1. The lowest BCUT2D eigenvalue weighted by molar-refractivity contribution is 0.413. The van der Waals surface area contributed by atoms with Crippen LogP contribution in [0.3, 0.4) is 0 Å². The van der Waals surface area contributed by atoms with Gasteiger partial charge in [-0.3, -0.25) is 4.57 Å². The molecule has 0 amide bonds. The fraction of sp³-hybridized carbons (Fsp3) is 0.0714. The predicted octanol–water partition coefficient (Wildman–Crippen LogP) is 3.84. The number of aromatic nitrogens is 2. The summed E-state index contributed by atoms with van der Waals surface area (Å²) in [5.74, 6) is 0.241. The fourth-order valence-corrected chi connectivity index (χ4v) is 2.39. The third kappa shape index (κ3) is 1.92. The second-order valence-electron chi connectivity index (χ2n) is 4.10.